The summed E-state index contributed by atoms with van der Waals surface area (Å²) in [4.78, 5) is 2.57. The van der Waals surface area contributed by atoms with E-state index in [4.69, 9.17) is 0 Å². The zero-order valence-corrected chi connectivity index (χ0v) is 10.2. The van der Waals surface area contributed by atoms with E-state index in [2.05, 4.69) is 47.5 Å². The second kappa shape index (κ2) is 6.02. The molecule has 1 aromatic carbocycles. The van der Waals surface area contributed by atoms with Crippen molar-refractivity contribution in [2.45, 2.75) is 25.8 Å². The maximum absolute atomic E-state index is 3.53. The van der Waals surface area contributed by atoms with Crippen molar-refractivity contribution in [2.24, 2.45) is 0 Å². The SMILES string of the molecule is CC1CCN(CCc2ccccc2)CCN1. The van der Waals surface area contributed by atoms with Crippen LogP contribution in [0.5, 0.6) is 0 Å². The minimum Gasteiger partial charge on any atom is -0.313 e. The molecule has 0 bridgehead atoms. The van der Waals surface area contributed by atoms with Crippen molar-refractivity contribution >= 4 is 0 Å². The molecule has 2 heteroatoms. The van der Waals surface area contributed by atoms with Gasteiger partial charge < -0.3 is 10.2 Å². The van der Waals surface area contributed by atoms with Gasteiger partial charge in [0.2, 0.25) is 0 Å². The van der Waals surface area contributed by atoms with Crippen molar-refractivity contribution in [2.75, 3.05) is 26.2 Å². The molecule has 0 aromatic heterocycles. The molecule has 2 nitrogen and oxygen atoms in total. The third kappa shape index (κ3) is 3.62. The molecular weight excluding hydrogens is 196 g/mol. The van der Waals surface area contributed by atoms with Crippen LogP contribution in [0.2, 0.25) is 0 Å². The Bertz CT molecular complexity index is 297. The van der Waals surface area contributed by atoms with E-state index in [0.717, 1.165) is 6.54 Å². The van der Waals surface area contributed by atoms with Crippen molar-refractivity contribution in [1.29, 1.82) is 0 Å². The highest BCUT2D eigenvalue weighted by atomic mass is 15.2. The van der Waals surface area contributed by atoms with Gasteiger partial charge in [0.05, 0.1) is 0 Å². The quantitative estimate of drug-likeness (QED) is 0.834. The molecule has 0 saturated carbocycles. The van der Waals surface area contributed by atoms with Crippen LogP contribution in [0.1, 0.15) is 18.9 Å². The average Bonchev–Trinajstić information content (AvgIpc) is 2.53. The van der Waals surface area contributed by atoms with Crippen molar-refractivity contribution in [1.82, 2.24) is 10.2 Å². The molecule has 1 N–H and O–H groups in total. The lowest BCUT2D eigenvalue weighted by atomic mass is 10.1. The zero-order valence-electron chi connectivity index (χ0n) is 10.2. The summed E-state index contributed by atoms with van der Waals surface area (Å²) in [6.45, 7) is 7.03. The van der Waals surface area contributed by atoms with Gasteiger partial charge in [-0.05, 0) is 31.9 Å². The summed E-state index contributed by atoms with van der Waals surface area (Å²) in [5.41, 5.74) is 1.45. The molecule has 0 aliphatic carbocycles. The highest BCUT2D eigenvalue weighted by Crippen LogP contribution is 2.04. The number of hydrogen-bond donors (Lipinski definition) is 1. The van der Waals surface area contributed by atoms with E-state index in [-0.39, 0.29) is 0 Å². The lowest BCUT2D eigenvalue weighted by Crippen LogP contribution is -2.30. The van der Waals surface area contributed by atoms with Gasteiger partial charge in [0.15, 0.2) is 0 Å². The predicted molar refractivity (Wildman–Crippen MR) is 68.7 cm³/mol. The minimum atomic E-state index is 0.682. The Morgan fingerprint density at radius 3 is 2.88 bits per heavy atom. The van der Waals surface area contributed by atoms with Crippen LogP contribution in [0, 0.1) is 0 Å². The summed E-state index contributed by atoms with van der Waals surface area (Å²) in [5.74, 6) is 0. The largest absolute Gasteiger partial charge is 0.313 e. The van der Waals surface area contributed by atoms with E-state index in [1.807, 2.05) is 0 Å². The first kappa shape index (κ1) is 11.6. The maximum Gasteiger partial charge on any atom is 0.0107 e. The van der Waals surface area contributed by atoms with Gasteiger partial charge in [0.25, 0.3) is 0 Å². The van der Waals surface area contributed by atoms with Gasteiger partial charge in [-0.25, -0.2) is 0 Å². The molecule has 0 spiro atoms. The summed E-state index contributed by atoms with van der Waals surface area (Å²) in [5, 5.41) is 3.53. The lowest BCUT2D eigenvalue weighted by molar-refractivity contribution is 0.294. The molecule has 1 aliphatic rings. The second-order valence-electron chi connectivity index (χ2n) is 4.72. The Kier molecular flexibility index (Phi) is 4.37. The first-order chi connectivity index (χ1) is 7.84. The van der Waals surface area contributed by atoms with Crippen molar-refractivity contribution < 1.29 is 0 Å². The molecule has 16 heavy (non-hydrogen) atoms. The maximum atomic E-state index is 3.53. The highest BCUT2D eigenvalue weighted by Gasteiger charge is 2.12. The Morgan fingerprint density at radius 1 is 1.25 bits per heavy atom. The fraction of sp³-hybridized carbons (Fsp3) is 0.571. The van der Waals surface area contributed by atoms with Gasteiger partial charge in [0.1, 0.15) is 0 Å². The van der Waals surface area contributed by atoms with E-state index in [1.165, 1.54) is 38.0 Å². The molecule has 1 aromatic rings. The van der Waals surface area contributed by atoms with Gasteiger partial charge in [-0.15, -0.1) is 0 Å². The van der Waals surface area contributed by atoms with Crippen LogP contribution in [0.15, 0.2) is 30.3 Å². The molecule has 1 aliphatic heterocycles. The number of benzene rings is 1. The zero-order chi connectivity index (χ0) is 11.2. The molecule has 1 unspecified atom stereocenters. The van der Waals surface area contributed by atoms with Crippen LogP contribution in [-0.2, 0) is 6.42 Å². The Hall–Kier alpha value is -0.860. The molecule has 1 heterocycles. The van der Waals surface area contributed by atoms with Gasteiger partial charge >= 0.3 is 0 Å². The molecule has 2 rings (SSSR count). The molecule has 0 radical (unpaired) electrons. The number of rotatable bonds is 3. The molecule has 88 valence electrons. The smallest absolute Gasteiger partial charge is 0.0107 e. The molecule has 1 atom stereocenters. The predicted octanol–water partition coefficient (Wildman–Crippen LogP) is 1.91. The first-order valence-electron chi connectivity index (χ1n) is 6.34. The summed E-state index contributed by atoms with van der Waals surface area (Å²) < 4.78 is 0. The van der Waals surface area contributed by atoms with E-state index in [9.17, 15) is 0 Å². The summed E-state index contributed by atoms with van der Waals surface area (Å²) in [7, 11) is 0. The third-order valence-electron chi connectivity index (χ3n) is 3.36. The third-order valence-corrected chi connectivity index (χ3v) is 3.36. The molecule has 1 fully saturated rings. The Morgan fingerprint density at radius 2 is 2.06 bits per heavy atom. The first-order valence-corrected chi connectivity index (χ1v) is 6.34. The minimum absolute atomic E-state index is 0.682. The second-order valence-corrected chi connectivity index (χ2v) is 4.72. The lowest BCUT2D eigenvalue weighted by Gasteiger charge is -2.19. The van der Waals surface area contributed by atoms with Crippen LogP contribution < -0.4 is 5.32 Å². The van der Waals surface area contributed by atoms with Crippen molar-refractivity contribution in [3.8, 4) is 0 Å². The number of nitrogens with zero attached hydrogens (tertiary/aromatic N) is 1. The van der Waals surface area contributed by atoms with Crippen LogP contribution in [-0.4, -0.2) is 37.1 Å². The Labute approximate surface area is 98.7 Å². The van der Waals surface area contributed by atoms with Crippen LogP contribution in [0.4, 0.5) is 0 Å². The van der Waals surface area contributed by atoms with E-state index in [0.29, 0.717) is 6.04 Å². The highest BCUT2D eigenvalue weighted by molar-refractivity contribution is 5.14. The van der Waals surface area contributed by atoms with Crippen LogP contribution >= 0.6 is 0 Å². The van der Waals surface area contributed by atoms with Gasteiger partial charge in [-0.2, -0.15) is 0 Å². The fourth-order valence-electron chi connectivity index (χ4n) is 2.21. The van der Waals surface area contributed by atoms with Crippen molar-refractivity contribution in [3.63, 3.8) is 0 Å². The summed E-state index contributed by atoms with van der Waals surface area (Å²) in [6.07, 6.45) is 2.45. The monoisotopic (exact) mass is 218 g/mol. The van der Waals surface area contributed by atoms with E-state index < -0.39 is 0 Å². The molecular formula is C14H22N2. The van der Waals surface area contributed by atoms with Crippen LogP contribution in [0.25, 0.3) is 0 Å². The number of nitrogens with one attached hydrogen (secondary N) is 1. The summed E-state index contributed by atoms with van der Waals surface area (Å²) >= 11 is 0. The van der Waals surface area contributed by atoms with Gasteiger partial charge in [-0.3, -0.25) is 0 Å². The fourth-order valence-corrected chi connectivity index (χ4v) is 2.21. The van der Waals surface area contributed by atoms with Crippen LogP contribution in [0.3, 0.4) is 0 Å². The summed E-state index contributed by atoms with van der Waals surface area (Å²) in [6, 6.07) is 11.5. The molecule has 1 saturated heterocycles. The topological polar surface area (TPSA) is 15.3 Å². The Balaban J connectivity index is 1.77. The average molecular weight is 218 g/mol. The van der Waals surface area contributed by atoms with E-state index >= 15 is 0 Å². The van der Waals surface area contributed by atoms with Gasteiger partial charge in [0, 0.05) is 25.7 Å². The number of hydrogen-bond acceptors (Lipinski definition) is 2. The van der Waals surface area contributed by atoms with Crippen molar-refractivity contribution in [3.05, 3.63) is 35.9 Å². The van der Waals surface area contributed by atoms with E-state index in [1.54, 1.807) is 0 Å². The molecule has 0 amide bonds. The normalized spacial score (nSPS) is 22.9. The standard InChI is InChI=1S/C14H22N2/c1-13-7-10-16(12-9-15-13)11-8-14-5-3-2-4-6-14/h2-6,13,15H,7-12H2,1H3. The van der Waals surface area contributed by atoms with Gasteiger partial charge in [-0.1, -0.05) is 30.3 Å².